The molecule has 0 atom stereocenters. The lowest BCUT2D eigenvalue weighted by atomic mass is 9.97. The first-order valence-electron chi connectivity index (χ1n) is 7.86. The molecule has 108 valence electrons. The first-order valence-corrected chi connectivity index (χ1v) is 7.86. The van der Waals surface area contributed by atoms with Crippen LogP contribution < -0.4 is 0 Å². The Morgan fingerprint density at radius 2 is 1.57 bits per heavy atom. The van der Waals surface area contributed by atoms with Gasteiger partial charge in [-0.15, -0.1) is 0 Å². The molecule has 0 spiro atoms. The molecule has 0 aromatic heterocycles. The van der Waals surface area contributed by atoms with Crippen molar-refractivity contribution in [2.24, 2.45) is 0 Å². The molecule has 2 heterocycles. The van der Waals surface area contributed by atoms with Crippen LogP contribution in [0.25, 0.3) is 0 Å². The van der Waals surface area contributed by atoms with Crippen LogP contribution in [0.5, 0.6) is 0 Å². The number of nitrogens with zero attached hydrogens (tertiary/aromatic N) is 2. The second kappa shape index (κ2) is 5.28. The Balaban J connectivity index is 1.49. The van der Waals surface area contributed by atoms with Gasteiger partial charge in [0.05, 0.1) is 0 Å². The van der Waals surface area contributed by atoms with Gasteiger partial charge in [-0.3, -0.25) is 4.90 Å². The maximum Gasteiger partial charge on any atom is 0.0244 e. The second-order valence-corrected chi connectivity index (χ2v) is 6.50. The van der Waals surface area contributed by atoms with Crippen LogP contribution in [0.1, 0.15) is 27.8 Å². The molecule has 0 fully saturated rings. The summed E-state index contributed by atoms with van der Waals surface area (Å²) in [6, 6.07) is 15.9. The molecule has 2 heteroatoms. The zero-order chi connectivity index (χ0) is 14.2. The van der Waals surface area contributed by atoms with Gasteiger partial charge < -0.3 is 4.90 Å². The van der Waals surface area contributed by atoms with E-state index in [9.17, 15) is 0 Å². The van der Waals surface area contributed by atoms with Gasteiger partial charge in [0.25, 0.3) is 0 Å². The van der Waals surface area contributed by atoms with Crippen LogP contribution in [0.15, 0.2) is 42.5 Å². The van der Waals surface area contributed by atoms with Gasteiger partial charge in [-0.05, 0) is 41.3 Å². The molecule has 0 N–H and O–H groups in total. The molecule has 2 aromatic rings. The molecule has 2 nitrogen and oxygen atoms in total. The van der Waals surface area contributed by atoms with Gasteiger partial charge in [0.2, 0.25) is 0 Å². The van der Waals surface area contributed by atoms with E-state index in [0.717, 1.165) is 26.2 Å². The average Bonchev–Trinajstić information content (AvgIpc) is 2.89. The van der Waals surface area contributed by atoms with E-state index in [1.165, 1.54) is 35.2 Å². The van der Waals surface area contributed by atoms with Crippen LogP contribution in [0.2, 0.25) is 0 Å². The highest BCUT2D eigenvalue weighted by molar-refractivity contribution is 5.35. The largest absolute Gasteiger partial charge is 0.302 e. The minimum Gasteiger partial charge on any atom is -0.302 e. The summed E-state index contributed by atoms with van der Waals surface area (Å²) in [6.07, 6.45) is 1.19. The fourth-order valence-corrected chi connectivity index (χ4v) is 3.62. The molecule has 2 aliphatic rings. The molecule has 0 unspecified atom stereocenters. The Kier molecular flexibility index (Phi) is 3.28. The minimum atomic E-state index is 1.07. The van der Waals surface area contributed by atoms with Crippen LogP contribution in [0.3, 0.4) is 0 Å². The Bertz CT molecular complexity index is 637. The summed E-state index contributed by atoms with van der Waals surface area (Å²) >= 11 is 0. The van der Waals surface area contributed by atoms with Crippen molar-refractivity contribution >= 4 is 0 Å². The molecule has 0 aliphatic carbocycles. The second-order valence-electron chi connectivity index (χ2n) is 6.50. The van der Waals surface area contributed by atoms with Crippen molar-refractivity contribution in [1.29, 1.82) is 0 Å². The van der Waals surface area contributed by atoms with Crippen molar-refractivity contribution in [3.05, 3.63) is 70.3 Å². The lowest BCUT2D eigenvalue weighted by Gasteiger charge is -2.26. The van der Waals surface area contributed by atoms with Gasteiger partial charge in [0.1, 0.15) is 0 Å². The van der Waals surface area contributed by atoms with Crippen LogP contribution in [-0.2, 0) is 32.6 Å². The van der Waals surface area contributed by atoms with Gasteiger partial charge in [-0.1, -0.05) is 42.5 Å². The predicted molar refractivity (Wildman–Crippen MR) is 85.9 cm³/mol. The number of rotatable bonds is 2. The maximum atomic E-state index is 2.54. The summed E-state index contributed by atoms with van der Waals surface area (Å²) in [6.45, 7) is 5.54. The molecule has 4 rings (SSSR count). The lowest BCUT2D eigenvalue weighted by molar-refractivity contribution is 0.275. The fourth-order valence-electron chi connectivity index (χ4n) is 3.62. The van der Waals surface area contributed by atoms with Gasteiger partial charge in [-0.2, -0.15) is 0 Å². The van der Waals surface area contributed by atoms with Crippen molar-refractivity contribution in [2.75, 3.05) is 13.6 Å². The van der Waals surface area contributed by atoms with E-state index < -0.39 is 0 Å². The minimum absolute atomic E-state index is 1.07. The Morgan fingerprint density at radius 3 is 2.33 bits per heavy atom. The molecule has 0 bridgehead atoms. The standard InChI is InChI=1S/C19H22N2/c1-20-9-8-16-10-15(6-7-19(16)12-20)11-21-13-17-4-2-3-5-18(17)14-21/h2-7,10H,8-9,11-14H2,1H3. The molecular weight excluding hydrogens is 256 g/mol. The smallest absolute Gasteiger partial charge is 0.0244 e. The lowest BCUT2D eigenvalue weighted by Crippen LogP contribution is -2.26. The number of fused-ring (bicyclic) bond motifs is 2. The van der Waals surface area contributed by atoms with Gasteiger partial charge >= 0.3 is 0 Å². The van der Waals surface area contributed by atoms with Crippen LogP contribution in [0, 0.1) is 0 Å². The molecule has 0 saturated carbocycles. The van der Waals surface area contributed by atoms with Crippen molar-refractivity contribution in [3.63, 3.8) is 0 Å². The van der Waals surface area contributed by atoms with Crippen molar-refractivity contribution in [2.45, 2.75) is 32.6 Å². The van der Waals surface area contributed by atoms with Crippen LogP contribution in [-0.4, -0.2) is 23.4 Å². The van der Waals surface area contributed by atoms with Gasteiger partial charge in [0, 0.05) is 32.7 Å². The highest BCUT2D eigenvalue weighted by Crippen LogP contribution is 2.25. The molecule has 0 amide bonds. The van der Waals surface area contributed by atoms with E-state index in [4.69, 9.17) is 0 Å². The SMILES string of the molecule is CN1CCc2cc(CN3Cc4ccccc4C3)ccc2C1. The van der Waals surface area contributed by atoms with Crippen molar-refractivity contribution in [3.8, 4) is 0 Å². The summed E-state index contributed by atoms with van der Waals surface area (Å²) < 4.78 is 0. The van der Waals surface area contributed by atoms with Crippen molar-refractivity contribution < 1.29 is 0 Å². The third-order valence-corrected chi connectivity index (χ3v) is 4.79. The Hall–Kier alpha value is -1.64. The molecule has 21 heavy (non-hydrogen) atoms. The molecule has 2 aromatic carbocycles. The first-order chi connectivity index (χ1) is 10.3. The Labute approximate surface area is 127 Å². The van der Waals surface area contributed by atoms with Crippen LogP contribution in [0.4, 0.5) is 0 Å². The van der Waals surface area contributed by atoms with Crippen molar-refractivity contribution in [1.82, 2.24) is 9.80 Å². The quantitative estimate of drug-likeness (QED) is 0.832. The predicted octanol–water partition coefficient (Wildman–Crippen LogP) is 3.19. The molecule has 0 radical (unpaired) electrons. The number of hydrogen-bond donors (Lipinski definition) is 0. The first kappa shape index (κ1) is 13.1. The maximum absolute atomic E-state index is 2.54. The average molecular weight is 278 g/mol. The number of hydrogen-bond acceptors (Lipinski definition) is 2. The summed E-state index contributed by atoms with van der Waals surface area (Å²) in [7, 11) is 2.21. The normalized spacial score (nSPS) is 18.5. The molecular formula is C19H22N2. The molecule has 2 aliphatic heterocycles. The summed E-state index contributed by atoms with van der Waals surface area (Å²) in [4.78, 5) is 4.94. The fraction of sp³-hybridized carbons (Fsp3) is 0.368. The summed E-state index contributed by atoms with van der Waals surface area (Å²) in [5, 5.41) is 0. The van der Waals surface area contributed by atoms with E-state index in [1.807, 2.05) is 0 Å². The van der Waals surface area contributed by atoms with E-state index in [2.05, 4.69) is 59.3 Å². The summed E-state index contributed by atoms with van der Waals surface area (Å²) in [5.41, 5.74) is 7.53. The third-order valence-electron chi connectivity index (χ3n) is 4.79. The molecule has 0 saturated heterocycles. The van der Waals surface area contributed by atoms with E-state index in [-0.39, 0.29) is 0 Å². The van der Waals surface area contributed by atoms with Crippen LogP contribution >= 0.6 is 0 Å². The van der Waals surface area contributed by atoms with E-state index in [0.29, 0.717) is 0 Å². The van der Waals surface area contributed by atoms with E-state index in [1.54, 1.807) is 5.56 Å². The topological polar surface area (TPSA) is 6.48 Å². The van der Waals surface area contributed by atoms with E-state index >= 15 is 0 Å². The summed E-state index contributed by atoms with van der Waals surface area (Å²) in [5.74, 6) is 0. The monoisotopic (exact) mass is 278 g/mol. The zero-order valence-corrected chi connectivity index (χ0v) is 12.7. The zero-order valence-electron chi connectivity index (χ0n) is 12.7. The Morgan fingerprint density at radius 1 is 0.857 bits per heavy atom. The highest BCUT2D eigenvalue weighted by Gasteiger charge is 2.19. The number of likely N-dealkylation sites (N-methyl/N-ethyl adjacent to an activating group) is 1. The number of benzene rings is 2. The highest BCUT2D eigenvalue weighted by atomic mass is 15.1. The van der Waals surface area contributed by atoms with Gasteiger partial charge in [-0.25, -0.2) is 0 Å². The third kappa shape index (κ3) is 2.61. The van der Waals surface area contributed by atoms with Gasteiger partial charge in [0.15, 0.2) is 0 Å².